The molecule has 0 aromatic heterocycles. The number of carboxylic acid groups (broad SMARTS) is 1. The molecule has 80 valence electrons. The molecule has 1 aromatic carbocycles. The Labute approximate surface area is 83.7 Å². The number of hydrogen-bond donors (Lipinski definition) is 1. The molecule has 0 saturated heterocycles. The van der Waals surface area contributed by atoms with Gasteiger partial charge in [0.05, 0.1) is 0 Å². The highest BCUT2D eigenvalue weighted by molar-refractivity contribution is 5.93. The van der Waals surface area contributed by atoms with Gasteiger partial charge in [0, 0.05) is 17.2 Å². The largest absolute Gasteiger partial charge is 0.476 e. The first-order valence-electron chi connectivity index (χ1n) is 3.98. The minimum Gasteiger partial charge on any atom is -0.476 e. The van der Waals surface area contributed by atoms with Gasteiger partial charge < -0.3 is 5.11 Å². The van der Waals surface area contributed by atoms with Crippen molar-refractivity contribution in [1.82, 2.24) is 0 Å². The fourth-order valence-electron chi connectivity index (χ4n) is 1.07. The number of carboxylic acids is 1. The standard InChI is InChI=1S/C10H7F3O2/c1-5(9(13)10(14)15)7-3-2-6(11)4-8(7)12/h2-4H,1H3,(H,14,15). The van der Waals surface area contributed by atoms with Crippen LogP contribution in [0.2, 0.25) is 0 Å². The summed E-state index contributed by atoms with van der Waals surface area (Å²) < 4.78 is 38.5. The zero-order chi connectivity index (χ0) is 11.6. The maximum atomic E-state index is 13.1. The van der Waals surface area contributed by atoms with E-state index in [9.17, 15) is 18.0 Å². The van der Waals surface area contributed by atoms with Crippen LogP contribution < -0.4 is 0 Å². The molecule has 0 unspecified atom stereocenters. The SMILES string of the molecule is CC(=C(F)C(=O)O)c1ccc(F)cc1F. The van der Waals surface area contributed by atoms with E-state index in [4.69, 9.17) is 5.11 Å². The van der Waals surface area contributed by atoms with E-state index in [-0.39, 0.29) is 11.1 Å². The molecule has 15 heavy (non-hydrogen) atoms. The summed E-state index contributed by atoms with van der Waals surface area (Å²) >= 11 is 0. The summed E-state index contributed by atoms with van der Waals surface area (Å²) in [6.45, 7) is 1.11. The van der Waals surface area contributed by atoms with Crippen LogP contribution in [0.1, 0.15) is 12.5 Å². The van der Waals surface area contributed by atoms with E-state index < -0.39 is 23.4 Å². The lowest BCUT2D eigenvalue weighted by molar-refractivity contribution is -0.134. The van der Waals surface area contributed by atoms with Gasteiger partial charge in [0.15, 0.2) is 0 Å². The van der Waals surface area contributed by atoms with Gasteiger partial charge in [-0.25, -0.2) is 13.6 Å². The van der Waals surface area contributed by atoms with Crippen molar-refractivity contribution in [2.45, 2.75) is 6.92 Å². The van der Waals surface area contributed by atoms with E-state index in [1.807, 2.05) is 0 Å². The van der Waals surface area contributed by atoms with E-state index in [2.05, 4.69) is 0 Å². The topological polar surface area (TPSA) is 37.3 Å². The van der Waals surface area contributed by atoms with Gasteiger partial charge in [-0.1, -0.05) is 0 Å². The molecule has 0 aliphatic carbocycles. The lowest BCUT2D eigenvalue weighted by Gasteiger charge is -2.03. The summed E-state index contributed by atoms with van der Waals surface area (Å²) in [7, 11) is 0. The molecule has 0 aliphatic heterocycles. The molecule has 5 heteroatoms. The maximum Gasteiger partial charge on any atom is 0.365 e. The first-order chi connectivity index (χ1) is 6.93. The first-order valence-corrected chi connectivity index (χ1v) is 3.98. The van der Waals surface area contributed by atoms with Crippen molar-refractivity contribution in [2.24, 2.45) is 0 Å². The molecular weight excluding hydrogens is 209 g/mol. The fraction of sp³-hybridized carbons (Fsp3) is 0.100. The van der Waals surface area contributed by atoms with E-state index in [0.717, 1.165) is 19.1 Å². The normalized spacial score (nSPS) is 12.3. The minimum atomic E-state index is -1.78. The minimum absolute atomic E-state index is 0.267. The number of allylic oxidation sites excluding steroid dienone is 1. The zero-order valence-electron chi connectivity index (χ0n) is 7.72. The van der Waals surface area contributed by atoms with Gasteiger partial charge in [0.2, 0.25) is 5.83 Å². The van der Waals surface area contributed by atoms with Crippen LogP contribution in [0.25, 0.3) is 5.57 Å². The molecule has 0 amide bonds. The Morgan fingerprint density at radius 2 is 1.93 bits per heavy atom. The molecule has 0 saturated carbocycles. The molecule has 1 N–H and O–H groups in total. The van der Waals surface area contributed by atoms with Crippen molar-refractivity contribution in [3.63, 3.8) is 0 Å². The molecule has 1 rings (SSSR count). The van der Waals surface area contributed by atoms with Gasteiger partial charge in [0.25, 0.3) is 0 Å². The summed E-state index contributed by atoms with van der Waals surface area (Å²) in [5, 5.41) is 8.33. The Morgan fingerprint density at radius 3 is 2.40 bits per heavy atom. The van der Waals surface area contributed by atoms with Crippen LogP contribution in [0.3, 0.4) is 0 Å². The monoisotopic (exact) mass is 216 g/mol. The average Bonchev–Trinajstić information content (AvgIpc) is 2.15. The Hall–Kier alpha value is -1.78. The molecule has 0 bridgehead atoms. The van der Waals surface area contributed by atoms with E-state index in [1.54, 1.807) is 0 Å². The van der Waals surface area contributed by atoms with E-state index in [0.29, 0.717) is 6.07 Å². The summed E-state index contributed by atoms with van der Waals surface area (Å²) in [4.78, 5) is 10.3. The molecule has 2 nitrogen and oxygen atoms in total. The van der Waals surface area contributed by atoms with Gasteiger partial charge in [0.1, 0.15) is 11.6 Å². The van der Waals surface area contributed by atoms with Crippen LogP contribution in [0.15, 0.2) is 24.0 Å². The third kappa shape index (κ3) is 2.37. The zero-order valence-corrected chi connectivity index (χ0v) is 7.72. The van der Waals surface area contributed by atoms with Crippen molar-refractivity contribution in [1.29, 1.82) is 0 Å². The molecule has 0 fully saturated rings. The second-order valence-electron chi connectivity index (χ2n) is 2.87. The van der Waals surface area contributed by atoms with Crippen molar-refractivity contribution >= 4 is 11.5 Å². The molecule has 0 radical (unpaired) electrons. The summed E-state index contributed by atoms with van der Waals surface area (Å²) in [5.41, 5.74) is -0.642. The lowest BCUT2D eigenvalue weighted by Crippen LogP contribution is -1.99. The molecule has 1 aromatic rings. The van der Waals surface area contributed by atoms with Gasteiger partial charge in [-0.15, -0.1) is 0 Å². The Bertz CT molecular complexity index is 438. The van der Waals surface area contributed by atoms with E-state index in [1.165, 1.54) is 0 Å². The number of carbonyl (C=O) groups is 1. The second kappa shape index (κ2) is 4.16. The number of halogens is 3. The Balaban J connectivity index is 3.29. The van der Waals surface area contributed by atoms with Crippen LogP contribution in [0.5, 0.6) is 0 Å². The second-order valence-corrected chi connectivity index (χ2v) is 2.87. The number of hydrogen-bond acceptors (Lipinski definition) is 1. The number of rotatable bonds is 2. The van der Waals surface area contributed by atoms with Crippen molar-refractivity contribution in [2.75, 3.05) is 0 Å². The van der Waals surface area contributed by atoms with Crippen molar-refractivity contribution in [3.05, 3.63) is 41.2 Å². The molecule has 0 heterocycles. The quantitative estimate of drug-likeness (QED) is 0.772. The van der Waals surface area contributed by atoms with Crippen LogP contribution in [-0.2, 0) is 4.79 Å². The van der Waals surface area contributed by atoms with Gasteiger partial charge in [-0.05, 0) is 19.1 Å². The maximum absolute atomic E-state index is 13.1. The Morgan fingerprint density at radius 1 is 1.33 bits per heavy atom. The summed E-state index contributed by atoms with van der Waals surface area (Å²) in [5.74, 6) is -5.04. The van der Waals surface area contributed by atoms with Crippen molar-refractivity contribution in [3.8, 4) is 0 Å². The van der Waals surface area contributed by atoms with Gasteiger partial charge in [-0.3, -0.25) is 0 Å². The Kier molecular flexibility index (Phi) is 3.14. The molecule has 0 aliphatic rings. The van der Waals surface area contributed by atoms with Crippen LogP contribution in [0, 0.1) is 11.6 Å². The molecular formula is C10H7F3O2. The smallest absolute Gasteiger partial charge is 0.365 e. The summed E-state index contributed by atoms with van der Waals surface area (Å²) in [6, 6.07) is 2.48. The number of benzene rings is 1. The first kappa shape index (κ1) is 11.3. The summed E-state index contributed by atoms with van der Waals surface area (Å²) in [6.07, 6.45) is 0. The third-order valence-electron chi connectivity index (χ3n) is 1.85. The van der Waals surface area contributed by atoms with Crippen molar-refractivity contribution < 1.29 is 23.1 Å². The fourth-order valence-corrected chi connectivity index (χ4v) is 1.07. The van der Waals surface area contributed by atoms with E-state index >= 15 is 0 Å². The highest BCUT2D eigenvalue weighted by Crippen LogP contribution is 2.22. The number of aliphatic carboxylic acids is 1. The van der Waals surface area contributed by atoms with Gasteiger partial charge >= 0.3 is 5.97 Å². The lowest BCUT2D eigenvalue weighted by atomic mass is 10.1. The average molecular weight is 216 g/mol. The third-order valence-corrected chi connectivity index (χ3v) is 1.85. The molecule has 0 spiro atoms. The highest BCUT2D eigenvalue weighted by Gasteiger charge is 2.15. The van der Waals surface area contributed by atoms with Gasteiger partial charge in [-0.2, -0.15) is 4.39 Å². The van der Waals surface area contributed by atoms with Crippen LogP contribution in [0.4, 0.5) is 13.2 Å². The van der Waals surface area contributed by atoms with Crippen LogP contribution in [-0.4, -0.2) is 11.1 Å². The molecule has 0 atom stereocenters. The predicted octanol–water partition coefficient (Wildman–Crippen LogP) is 2.75. The van der Waals surface area contributed by atoms with Crippen LogP contribution >= 0.6 is 0 Å². The predicted molar refractivity (Wildman–Crippen MR) is 47.7 cm³/mol. The highest BCUT2D eigenvalue weighted by atomic mass is 19.1.